The number of thiophene rings is 1. The molecule has 3 heterocycles. The third kappa shape index (κ3) is 2.63. The molecule has 3 rings (SSSR count). The van der Waals surface area contributed by atoms with Gasteiger partial charge >= 0.3 is 0 Å². The normalized spacial score (nSPS) is 22.4. The van der Waals surface area contributed by atoms with Gasteiger partial charge in [0.2, 0.25) is 0 Å². The van der Waals surface area contributed by atoms with Gasteiger partial charge in [-0.2, -0.15) is 0 Å². The third-order valence-electron chi connectivity index (χ3n) is 3.80. The molecule has 0 bridgehead atoms. The first-order valence-corrected chi connectivity index (χ1v) is 7.88. The molecule has 1 aliphatic heterocycles. The molecule has 2 atom stereocenters. The minimum atomic E-state index is -0.272. The summed E-state index contributed by atoms with van der Waals surface area (Å²) >= 11 is 1.65. The van der Waals surface area contributed by atoms with Gasteiger partial charge in [-0.15, -0.1) is 11.3 Å². The summed E-state index contributed by atoms with van der Waals surface area (Å²) in [5.74, 6) is 1.04. The lowest BCUT2D eigenvalue weighted by Gasteiger charge is -2.41. The molecule has 20 heavy (non-hydrogen) atoms. The summed E-state index contributed by atoms with van der Waals surface area (Å²) in [6.45, 7) is 7.64. The molecule has 0 aromatic carbocycles. The van der Waals surface area contributed by atoms with Gasteiger partial charge in [0.15, 0.2) is 0 Å². The zero-order valence-corrected chi connectivity index (χ0v) is 12.7. The van der Waals surface area contributed by atoms with Crippen LogP contribution in [0, 0.1) is 0 Å². The van der Waals surface area contributed by atoms with Crippen LogP contribution < -0.4 is 4.90 Å². The lowest BCUT2D eigenvalue weighted by atomic mass is 10.1. The van der Waals surface area contributed by atoms with Gasteiger partial charge in [-0.3, -0.25) is 4.90 Å². The summed E-state index contributed by atoms with van der Waals surface area (Å²) in [6, 6.07) is 2.52. The Hall–Kier alpha value is -1.24. The van der Waals surface area contributed by atoms with Crippen molar-refractivity contribution in [2.45, 2.75) is 26.0 Å². The van der Waals surface area contributed by atoms with Crippen LogP contribution in [0.2, 0.25) is 0 Å². The van der Waals surface area contributed by atoms with Crippen LogP contribution in [0.4, 0.5) is 5.82 Å². The predicted octanol–water partition coefficient (Wildman–Crippen LogP) is 1.58. The Bertz CT molecular complexity index is 585. The van der Waals surface area contributed by atoms with E-state index in [0.717, 1.165) is 42.2 Å². The predicted molar refractivity (Wildman–Crippen MR) is 82.3 cm³/mol. The van der Waals surface area contributed by atoms with Crippen molar-refractivity contribution in [3.63, 3.8) is 0 Å². The molecule has 6 heteroatoms. The first-order valence-electron chi connectivity index (χ1n) is 7.00. The zero-order valence-electron chi connectivity index (χ0n) is 11.9. The van der Waals surface area contributed by atoms with Gasteiger partial charge < -0.3 is 10.0 Å². The molecule has 1 N–H and O–H groups in total. The molecular formula is C14H20N4OS. The maximum absolute atomic E-state index is 9.54. The van der Waals surface area contributed by atoms with Crippen molar-refractivity contribution in [1.29, 1.82) is 0 Å². The highest BCUT2D eigenvalue weighted by Crippen LogP contribution is 2.28. The number of anilines is 1. The minimum Gasteiger partial charge on any atom is -0.392 e. The van der Waals surface area contributed by atoms with Crippen LogP contribution in [-0.2, 0) is 0 Å². The first kappa shape index (κ1) is 13.7. The number of nitrogens with zero attached hydrogens (tertiary/aromatic N) is 4. The molecule has 1 saturated heterocycles. The highest BCUT2D eigenvalue weighted by atomic mass is 32.1. The second-order valence-electron chi connectivity index (χ2n) is 5.48. The third-order valence-corrected chi connectivity index (χ3v) is 4.62. The number of hydrogen-bond acceptors (Lipinski definition) is 6. The fraction of sp³-hybridized carbons (Fsp3) is 0.571. The van der Waals surface area contributed by atoms with E-state index in [9.17, 15) is 5.11 Å². The number of hydrogen-bond donors (Lipinski definition) is 1. The van der Waals surface area contributed by atoms with Gasteiger partial charge in [-0.05, 0) is 25.3 Å². The van der Waals surface area contributed by atoms with E-state index in [4.69, 9.17) is 0 Å². The van der Waals surface area contributed by atoms with Crippen molar-refractivity contribution in [3.8, 4) is 0 Å². The fourth-order valence-electron chi connectivity index (χ4n) is 2.83. The van der Waals surface area contributed by atoms with Gasteiger partial charge in [0, 0.05) is 32.2 Å². The zero-order chi connectivity index (χ0) is 14.1. The number of β-amino-alcohol motifs (C(OH)–C–C–N with tert-alkyl or cyclic N) is 1. The second-order valence-corrected chi connectivity index (χ2v) is 6.37. The second kappa shape index (κ2) is 5.63. The number of piperazine rings is 1. The standard InChI is InChI=1S/C14H20N4OS/c1-10-7-18(5-4-17(10)8-11(2)19)13-12-3-6-20-14(12)16-9-15-13/h3,6,9-11,19H,4-5,7-8H2,1-2H3. The van der Waals surface area contributed by atoms with Crippen LogP contribution in [0.3, 0.4) is 0 Å². The minimum absolute atomic E-state index is 0.272. The Labute approximate surface area is 122 Å². The summed E-state index contributed by atoms with van der Waals surface area (Å²) in [4.78, 5) is 14.5. The number of aromatic nitrogens is 2. The van der Waals surface area contributed by atoms with Gasteiger partial charge in [0.1, 0.15) is 17.0 Å². The molecular weight excluding hydrogens is 272 g/mol. The smallest absolute Gasteiger partial charge is 0.140 e. The molecule has 1 aliphatic rings. The van der Waals surface area contributed by atoms with Crippen LogP contribution >= 0.6 is 11.3 Å². The summed E-state index contributed by atoms with van der Waals surface area (Å²) in [6.07, 6.45) is 1.38. The van der Waals surface area contributed by atoms with E-state index < -0.39 is 0 Å². The van der Waals surface area contributed by atoms with Crippen molar-refractivity contribution < 1.29 is 5.11 Å². The van der Waals surface area contributed by atoms with E-state index in [-0.39, 0.29) is 6.10 Å². The Morgan fingerprint density at radius 1 is 1.45 bits per heavy atom. The van der Waals surface area contributed by atoms with Crippen LogP contribution in [0.1, 0.15) is 13.8 Å². The SMILES string of the molecule is CC(O)CN1CCN(c2ncnc3sccc23)CC1C. The average molecular weight is 292 g/mol. The van der Waals surface area contributed by atoms with Gasteiger partial charge in [0.25, 0.3) is 0 Å². The van der Waals surface area contributed by atoms with Crippen LogP contribution in [0.15, 0.2) is 17.8 Å². The van der Waals surface area contributed by atoms with E-state index in [2.05, 4.69) is 38.1 Å². The lowest BCUT2D eigenvalue weighted by molar-refractivity contribution is 0.0959. The quantitative estimate of drug-likeness (QED) is 0.931. The number of aliphatic hydroxyl groups excluding tert-OH is 1. The Kier molecular flexibility index (Phi) is 3.87. The highest BCUT2D eigenvalue weighted by Gasteiger charge is 2.26. The Morgan fingerprint density at radius 2 is 2.30 bits per heavy atom. The summed E-state index contributed by atoms with van der Waals surface area (Å²) in [7, 11) is 0. The number of aliphatic hydroxyl groups is 1. The van der Waals surface area contributed by atoms with Crippen LogP contribution in [0.5, 0.6) is 0 Å². The molecule has 2 aromatic rings. The Morgan fingerprint density at radius 3 is 3.05 bits per heavy atom. The first-order chi connectivity index (χ1) is 9.65. The molecule has 0 aliphatic carbocycles. The van der Waals surface area contributed by atoms with Crippen molar-refractivity contribution in [2.75, 3.05) is 31.1 Å². The monoisotopic (exact) mass is 292 g/mol. The van der Waals surface area contributed by atoms with Crippen LogP contribution in [0.25, 0.3) is 10.2 Å². The average Bonchev–Trinajstić information content (AvgIpc) is 2.88. The summed E-state index contributed by atoms with van der Waals surface area (Å²) in [5.41, 5.74) is 0. The van der Waals surface area contributed by atoms with Crippen molar-refractivity contribution in [3.05, 3.63) is 17.8 Å². The molecule has 0 amide bonds. The van der Waals surface area contributed by atoms with E-state index in [1.807, 2.05) is 6.92 Å². The van der Waals surface area contributed by atoms with E-state index in [1.54, 1.807) is 17.7 Å². The molecule has 2 aromatic heterocycles. The van der Waals surface area contributed by atoms with Gasteiger partial charge in [-0.1, -0.05) is 0 Å². The maximum atomic E-state index is 9.54. The van der Waals surface area contributed by atoms with Gasteiger partial charge in [-0.25, -0.2) is 9.97 Å². The van der Waals surface area contributed by atoms with Crippen LogP contribution in [-0.4, -0.2) is 58.3 Å². The topological polar surface area (TPSA) is 52.5 Å². The largest absolute Gasteiger partial charge is 0.392 e. The van der Waals surface area contributed by atoms with Crippen molar-refractivity contribution in [1.82, 2.24) is 14.9 Å². The summed E-state index contributed by atoms with van der Waals surface area (Å²) < 4.78 is 0. The summed E-state index contributed by atoms with van der Waals surface area (Å²) in [5, 5.41) is 12.8. The molecule has 0 spiro atoms. The molecule has 5 nitrogen and oxygen atoms in total. The maximum Gasteiger partial charge on any atom is 0.140 e. The van der Waals surface area contributed by atoms with E-state index >= 15 is 0 Å². The van der Waals surface area contributed by atoms with E-state index in [0.29, 0.717) is 6.04 Å². The molecule has 0 saturated carbocycles. The van der Waals surface area contributed by atoms with Gasteiger partial charge in [0.05, 0.1) is 11.5 Å². The molecule has 2 unspecified atom stereocenters. The highest BCUT2D eigenvalue weighted by molar-refractivity contribution is 7.16. The molecule has 108 valence electrons. The lowest BCUT2D eigenvalue weighted by Crippen LogP contribution is -2.53. The molecule has 1 fully saturated rings. The van der Waals surface area contributed by atoms with Crippen molar-refractivity contribution >= 4 is 27.4 Å². The number of rotatable bonds is 3. The van der Waals surface area contributed by atoms with E-state index in [1.165, 1.54) is 0 Å². The van der Waals surface area contributed by atoms with Crippen molar-refractivity contribution in [2.24, 2.45) is 0 Å². The number of fused-ring (bicyclic) bond motifs is 1. The fourth-order valence-corrected chi connectivity index (χ4v) is 3.55. The Balaban J connectivity index is 1.78. The molecule has 0 radical (unpaired) electrons.